The van der Waals surface area contributed by atoms with E-state index < -0.39 is 5.97 Å². The van der Waals surface area contributed by atoms with Gasteiger partial charge in [0.25, 0.3) is 0 Å². The van der Waals surface area contributed by atoms with Crippen molar-refractivity contribution in [1.82, 2.24) is 0 Å². The van der Waals surface area contributed by atoms with E-state index in [0.29, 0.717) is 28.7 Å². The van der Waals surface area contributed by atoms with Gasteiger partial charge in [0.05, 0.1) is 19.2 Å². The zero-order chi connectivity index (χ0) is 14.5. The molecule has 0 aliphatic rings. The number of carbonyl (C=O) groups is 2. The van der Waals surface area contributed by atoms with Crippen LogP contribution in [0.2, 0.25) is 0 Å². The van der Waals surface area contributed by atoms with Crippen molar-refractivity contribution in [3.63, 3.8) is 0 Å². The lowest BCUT2D eigenvalue weighted by atomic mass is 10.00. The summed E-state index contributed by atoms with van der Waals surface area (Å²) in [4.78, 5) is 25.9. The Morgan fingerprint density at radius 2 is 2.00 bits per heavy atom. The number of nitrogens with zero attached hydrogens (tertiary/aromatic N) is 1. The Bertz CT molecular complexity index is 714. The zero-order valence-corrected chi connectivity index (χ0v) is 10.8. The lowest BCUT2D eigenvalue weighted by molar-refractivity contribution is 0.0601. The van der Waals surface area contributed by atoms with Crippen LogP contribution in [0.5, 0.6) is 0 Å². The molecule has 0 bridgehead atoms. The molecule has 2 rings (SSSR count). The highest BCUT2D eigenvalue weighted by atomic mass is 16.5. The minimum Gasteiger partial charge on any atom is -0.465 e. The third-order valence-electron chi connectivity index (χ3n) is 2.82. The van der Waals surface area contributed by atoms with E-state index in [1.807, 2.05) is 6.07 Å². The van der Waals surface area contributed by atoms with Gasteiger partial charge in [-0.25, -0.2) is 9.64 Å². The summed E-state index contributed by atoms with van der Waals surface area (Å²) in [5.74, 6) is -0.503. The molecule has 0 heterocycles. The molecule has 0 unspecified atom stereocenters. The highest BCUT2D eigenvalue weighted by Gasteiger charge is 2.10. The number of rotatable bonds is 3. The first-order valence-electron chi connectivity index (χ1n) is 5.84. The van der Waals surface area contributed by atoms with Crippen molar-refractivity contribution in [2.45, 2.75) is 0 Å². The Hall–Kier alpha value is -2.93. The molecule has 0 amide bonds. The zero-order valence-electron chi connectivity index (χ0n) is 10.8. The van der Waals surface area contributed by atoms with Crippen LogP contribution < -0.4 is 0 Å². The number of hydrogen-bond acceptors (Lipinski definition) is 3. The minimum atomic E-state index is -0.503. The summed E-state index contributed by atoms with van der Waals surface area (Å²) in [6, 6.07) is 11.8. The van der Waals surface area contributed by atoms with Gasteiger partial charge in [-0.3, -0.25) is 4.79 Å². The number of methoxy groups -OCH3 is 1. The lowest BCUT2D eigenvalue weighted by Crippen LogP contribution is -2.02. The summed E-state index contributed by atoms with van der Waals surface area (Å²) in [5, 5.41) is 0. The standard InChI is InChI=1S/C16H11NO3/c1-17-15-5-3-4-12(9-15)13-6-11(10-18)7-14(8-13)16(19)20-2/h3-10H,2H3. The van der Waals surface area contributed by atoms with E-state index in [1.165, 1.54) is 13.2 Å². The molecule has 4 heteroatoms. The van der Waals surface area contributed by atoms with Crippen molar-refractivity contribution in [1.29, 1.82) is 0 Å². The maximum atomic E-state index is 11.6. The average Bonchev–Trinajstić information content (AvgIpc) is 2.53. The van der Waals surface area contributed by atoms with E-state index in [0.717, 1.165) is 5.56 Å². The second-order valence-corrected chi connectivity index (χ2v) is 4.12. The maximum absolute atomic E-state index is 11.6. The largest absolute Gasteiger partial charge is 0.465 e. The molecule has 20 heavy (non-hydrogen) atoms. The van der Waals surface area contributed by atoms with Gasteiger partial charge in [0.1, 0.15) is 6.29 Å². The van der Waals surface area contributed by atoms with Crippen LogP contribution in [0.4, 0.5) is 5.69 Å². The smallest absolute Gasteiger partial charge is 0.337 e. The van der Waals surface area contributed by atoms with Gasteiger partial charge in [-0.1, -0.05) is 18.2 Å². The summed E-state index contributed by atoms with van der Waals surface area (Å²) >= 11 is 0. The molecule has 0 aliphatic heterocycles. The lowest BCUT2D eigenvalue weighted by Gasteiger charge is -2.07. The van der Waals surface area contributed by atoms with E-state index in [9.17, 15) is 9.59 Å². The van der Waals surface area contributed by atoms with E-state index in [-0.39, 0.29) is 0 Å². The molecule has 0 fully saturated rings. The van der Waals surface area contributed by atoms with Crippen molar-refractivity contribution in [3.05, 3.63) is 65.0 Å². The summed E-state index contributed by atoms with van der Waals surface area (Å²) < 4.78 is 4.67. The Kier molecular flexibility index (Phi) is 3.92. The molecule has 0 aliphatic carbocycles. The Morgan fingerprint density at radius 3 is 2.65 bits per heavy atom. The minimum absolute atomic E-state index is 0.306. The Morgan fingerprint density at radius 1 is 1.20 bits per heavy atom. The normalized spacial score (nSPS) is 9.60. The number of esters is 1. The molecule has 0 saturated heterocycles. The third-order valence-corrected chi connectivity index (χ3v) is 2.82. The van der Waals surface area contributed by atoms with Crippen LogP contribution in [0.3, 0.4) is 0 Å². The topological polar surface area (TPSA) is 47.7 Å². The number of benzene rings is 2. The molecule has 4 nitrogen and oxygen atoms in total. The first-order valence-corrected chi connectivity index (χ1v) is 5.84. The van der Waals surface area contributed by atoms with Crippen LogP contribution in [0.1, 0.15) is 20.7 Å². The average molecular weight is 265 g/mol. The molecule has 0 saturated carbocycles. The molecule has 2 aromatic rings. The fourth-order valence-corrected chi connectivity index (χ4v) is 1.88. The van der Waals surface area contributed by atoms with E-state index in [2.05, 4.69) is 9.58 Å². The van der Waals surface area contributed by atoms with Crippen LogP contribution in [-0.2, 0) is 4.74 Å². The van der Waals surface area contributed by atoms with Gasteiger partial charge >= 0.3 is 5.97 Å². The van der Waals surface area contributed by atoms with Crippen LogP contribution in [0.25, 0.3) is 16.0 Å². The first-order chi connectivity index (χ1) is 9.67. The fourth-order valence-electron chi connectivity index (χ4n) is 1.88. The van der Waals surface area contributed by atoms with Gasteiger partial charge in [-0.05, 0) is 35.4 Å². The third kappa shape index (κ3) is 2.73. The molecule has 98 valence electrons. The summed E-state index contributed by atoms with van der Waals surface area (Å²) in [5.41, 5.74) is 2.66. The number of hydrogen-bond donors (Lipinski definition) is 0. The van der Waals surface area contributed by atoms with Crippen molar-refractivity contribution >= 4 is 17.9 Å². The summed E-state index contributed by atoms with van der Waals surface area (Å²) in [7, 11) is 1.29. The van der Waals surface area contributed by atoms with Gasteiger partial charge in [0, 0.05) is 5.56 Å². The molecule has 0 N–H and O–H groups in total. The monoisotopic (exact) mass is 265 g/mol. The van der Waals surface area contributed by atoms with Crippen LogP contribution >= 0.6 is 0 Å². The molecule has 0 aromatic heterocycles. The molecule has 2 aromatic carbocycles. The highest BCUT2D eigenvalue weighted by Crippen LogP contribution is 2.26. The highest BCUT2D eigenvalue weighted by molar-refractivity contribution is 5.94. The van der Waals surface area contributed by atoms with Gasteiger partial charge in [0.15, 0.2) is 5.69 Å². The molecule has 0 spiro atoms. The van der Waals surface area contributed by atoms with Crippen molar-refractivity contribution in [2.24, 2.45) is 0 Å². The van der Waals surface area contributed by atoms with Gasteiger partial charge in [-0.15, -0.1) is 0 Å². The molecule has 0 atom stereocenters. The Labute approximate surface area is 116 Å². The maximum Gasteiger partial charge on any atom is 0.337 e. The van der Waals surface area contributed by atoms with Gasteiger partial charge < -0.3 is 4.74 Å². The van der Waals surface area contributed by atoms with Gasteiger partial charge in [0.2, 0.25) is 0 Å². The quantitative estimate of drug-likeness (QED) is 0.484. The SMILES string of the molecule is [C-]#[N+]c1cccc(-c2cc(C=O)cc(C(=O)OC)c2)c1. The van der Waals surface area contributed by atoms with Crippen molar-refractivity contribution in [3.8, 4) is 11.1 Å². The molecular weight excluding hydrogens is 254 g/mol. The second kappa shape index (κ2) is 5.81. The van der Waals surface area contributed by atoms with Crippen molar-refractivity contribution in [2.75, 3.05) is 7.11 Å². The summed E-state index contributed by atoms with van der Waals surface area (Å²) in [6.07, 6.45) is 0.675. The van der Waals surface area contributed by atoms with Crippen LogP contribution in [0, 0.1) is 6.57 Å². The van der Waals surface area contributed by atoms with Gasteiger partial charge in [-0.2, -0.15) is 0 Å². The predicted molar refractivity (Wildman–Crippen MR) is 74.9 cm³/mol. The number of carbonyl (C=O) groups excluding carboxylic acids is 2. The predicted octanol–water partition coefficient (Wildman–Crippen LogP) is 3.50. The molecular formula is C16H11NO3. The number of aldehydes is 1. The fraction of sp³-hybridized carbons (Fsp3) is 0.0625. The van der Waals surface area contributed by atoms with E-state index >= 15 is 0 Å². The van der Waals surface area contributed by atoms with E-state index in [1.54, 1.807) is 30.3 Å². The van der Waals surface area contributed by atoms with Crippen molar-refractivity contribution < 1.29 is 14.3 Å². The first kappa shape index (κ1) is 13.5. The Balaban J connectivity index is 2.58. The van der Waals surface area contributed by atoms with E-state index in [4.69, 9.17) is 6.57 Å². The van der Waals surface area contributed by atoms with Crippen LogP contribution in [-0.4, -0.2) is 19.4 Å². The second-order valence-electron chi connectivity index (χ2n) is 4.12. The van der Waals surface area contributed by atoms with Crippen LogP contribution in [0.15, 0.2) is 42.5 Å². The number of ether oxygens (including phenoxy) is 1. The summed E-state index contributed by atoms with van der Waals surface area (Å²) in [6.45, 7) is 7.02. The molecule has 0 radical (unpaired) electrons.